The number of H-pyrrole nitrogens is 1. The Balaban J connectivity index is 2.13. The monoisotopic (exact) mass is 262 g/mol. The average molecular weight is 262 g/mol. The fourth-order valence-corrected chi connectivity index (χ4v) is 2.27. The van der Waals surface area contributed by atoms with Crippen LogP contribution in [0.1, 0.15) is 25.0 Å². The summed E-state index contributed by atoms with van der Waals surface area (Å²) in [6, 6.07) is 8.97. The Kier molecular flexibility index (Phi) is 4.17. The number of rotatable bonds is 4. The van der Waals surface area contributed by atoms with Crippen molar-refractivity contribution in [3.05, 3.63) is 52.4 Å². The molecule has 2 rings (SSSR count). The van der Waals surface area contributed by atoms with Gasteiger partial charge in [0.25, 0.3) is 5.56 Å². The normalized spacial score (nSPS) is 12.3. The minimum absolute atomic E-state index is 0.162. The van der Waals surface area contributed by atoms with Gasteiger partial charge in [-0.3, -0.25) is 4.79 Å². The van der Waals surface area contributed by atoms with E-state index in [9.17, 15) is 9.90 Å². The maximum Gasteiger partial charge on any atom is 0.251 e. The molecule has 2 N–H and O–H groups in total. The van der Waals surface area contributed by atoms with E-state index in [1.54, 1.807) is 0 Å². The first-order valence-electron chi connectivity index (χ1n) is 5.70. The number of hydrogen-bond acceptors (Lipinski definition) is 4. The lowest BCUT2D eigenvalue weighted by Crippen LogP contribution is -2.04. The van der Waals surface area contributed by atoms with E-state index in [0.29, 0.717) is 11.6 Å². The van der Waals surface area contributed by atoms with Gasteiger partial charge in [0.15, 0.2) is 5.16 Å². The number of nitrogens with one attached hydrogen (secondary N) is 1. The molecule has 18 heavy (non-hydrogen) atoms. The van der Waals surface area contributed by atoms with Gasteiger partial charge in [-0.15, -0.1) is 0 Å². The predicted octanol–water partition coefficient (Wildman–Crippen LogP) is 2.36. The van der Waals surface area contributed by atoms with Crippen LogP contribution in [0.5, 0.6) is 0 Å². The van der Waals surface area contributed by atoms with E-state index >= 15 is 0 Å². The number of hydrogen-bond donors (Lipinski definition) is 2. The zero-order valence-electron chi connectivity index (χ0n) is 9.96. The Bertz CT molecular complexity index is 566. The van der Waals surface area contributed by atoms with Gasteiger partial charge >= 0.3 is 0 Å². The standard InChI is InChI=1S/C13H14N2O2S/c1-2-11(16)9-3-5-10(6-4-9)18-13-14-8-7-12(17)15-13/h3-8,11,16H,2H2,1H3,(H,14,15,17)/t11-/m0/s1. The molecule has 1 heterocycles. The third-order valence-electron chi connectivity index (χ3n) is 2.51. The third-order valence-corrected chi connectivity index (χ3v) is 3.42. The molecule has 0 saturated carbocycles. The molecule has 0 fully saturated rings. The average Bonchev–Trinajstić information content (AvgIpc) is 2.39. The van der Waals surface area contributed by atoms with E-state index in [0.717, 1.165) is 10.5 Å². The molecule has 0 aliphatic heterocycles. The van der Waals surface area contributed by atoms with Gasteiger partial charge in [0.05, 0.1) is 6.10 Å². The van der Waals surface area contributed by atoms with Crippen LogP contribution in [0.15, 0.2) is 51.4 Å². The van der Waals surface area contributed by atoms with Gasteiger partial charge in [0, 0.05) is 17.2 Å². The SMILES string of the molecule is CC[C@H](O)c1ccc(Sc2nccc(=O)[nH]2)cc1. The second-order valence-electron chi connectivity index (χ2n) is 3.83. The third kappa shape index (κ3) is 3.21. The molecular weight excluding hydrogens is 248 g/mol. The maximum absolute atomic E-state index is 11.1. The number of aromatic amines is 1. The first-order chi connectivity index (χ1) is 8.69. The molecule has 1 atom stereocenters. The van der Waals surface area contributed by atoms with Gasteiger partial charge < -0.3 is 10.1 Å². The van der Waals surface area contributed by atoms with E-state index in [-0.39, 0.29) is 5.56 Å². The molecule has 1 aromatic carbocycles. The highest BCUT2D eigenvalue weighted by molar-refractivity contribution is 7.99. The largest absolute Gasteiger partial charge is 0.388 e. The highest BCUT2D eigenvalue weighted by Crippen LogP contribution is 2.25. The summed E-state index contributed by atoms with van der Waals surface area (Å²) in [5.41, 5.74) is 0.738. The molecule has 0 bridgehead atoms. The Morgan fingerprint density at radius 2 is 2.06 bits per heavy atom. The fraction of sp³-hybridized carbons (Fsp3) is 0.231. The fourth-order valence-electron chi connectivity index (χ4n) is 1.51. The molecule has 2 aromatic rings. The summed E-state index contributed by atoms with van der Waals surface area (Å²) in [6.45, 7) is 1.94. The predicted molar refractivity (Wildman–Crippen MR) is 70.7 cm³/mol. The molecule has 5 heteroatoms. The number of benzene rings is 1. The molecule has 0 saturated heterocycles. The number of nitrogens with zero attached hydrogens (tertiary/aromatic N) is 1. The van der Waals surface area contributed by atoms with Gasteiger partial charge in [-0.25, -0.2) is 4.98 Å². The molecule has 94 valence electrons. The van der Waals surface area contributed by atoms with E-state index in [4.69, 9.17) is 0 Å². The van der Waals surface area contributed by atoms with Crippen molar-refractivity contribution in [3.8, 4) is 0 Å². The number of aliphatic hydroxyl groups excluding tert-OH is 1. The van der Waals surface area contributed by atoms with Crippen molar-refractivity contribution >= 4 is 11.8 Å². The summed E-state index contributed by atoms with van der Waals surface area (Å²) in [5.74, 6) is 0. The van der Waals surface area contributed by atoms with E-state index in [1.165, 1.54) is 24.0 Å². The highest BCUT2D eigenvalue weighted by atomic mass is 32.2. The van der Waals surface area contributed by atoms with E-state index in [2.05, 4.69) is 9.97 Å². The molecule has 0 radical (unpaired) electrons. The summed E-state index contributed by atoms with van der Waals surface area (Å²) in [4.78, 5) is 18.8. The lowest BCUT2D eigenvalue weighted by molar-refractivity contribution is 0.173. The number of aliphatic hydroxyl groups is 1. The molecule has 0 aliphatic rings. The van der Waals surface area contributed by atoms with Crippen LogP contribution in [-0.2, 0) is 0 Å². The molecule has 0 aliphatic carbocycles. The van der Waals surface area contributed by atoms with Crippen LogP contribution in [0.3, 0.4) is 0 Å². The van der Waals surface area contributed by atoms with E-state index < -0.39 is 6.10 Å². The molecule has 4 nitrogen and oxygen atoms in total. The lowest BCUT2D eigenvalue weighted by atomic mass is 10.1. The smallest absolute Gasteiger partial charge is 0.251 e. The van der Waals surface area contributed by atoms with Gasteiger partial charge in [-0.1, -0.05) is 30.8 Å². The summed E-state index contributed by atoms with van der Waals surface area (Å²) in [6.07, 6.45) is 1.76. The first-order valence-corrected chi connectivity index (χ1v) is 6.52. The quantitative estimate of drug-likeness (QED) is 0.830. The molecule has 0 amide bonds. The van der Waals surface area contributed by atoms with Crippen LogP contribution in [0.4, 0.5) is 0 Å². The number of aromatic nitrogens is 2. The van der Waals surface area contributed by atoms with Crippen molar-refractivity contribution < 1.29 is 5.11 Å². The van der Waals surface area contributed by atoms with Gasteiger partial charge in [0.1, 0.15) is 0 Å². The minimum atomic E-state index is -0.418. The van der Waals surface area contributed by atoms with Crippen LogP contribution in [0.2, 0.25) is 0 Å². The zero-order valence-corrected chi connectivity index (χ0v) is 10.8. The second-order valence-corrected chi connectivity index (χ2v) is 4.90. The second kappa shape index (κ2) is 5.84. The molecular formula is C13H14N2O2S. The van der Waals surface area contributed by atoms with Crippen molar-refractivity contribution in [1.29, 1.82) is 0 Å². The van der Waals surface area contributed by atoms with E-state index in [1.807, 2.05) is 31.2 Å². The van der Waals surface area contributed by atoms with Crippen molar-refractivity contribution in [1.82, 2.24) is 9.97 Å². The van der Waals surface area contributed by atoms with Crippen LogP contribution >= 0.6 is 11.8 Å². The first kappa shape index (κ1) is 12.9. The van der Waals surface area contributed by atoms with Crippen molar-refractivity contribution in [2.75, 3.05) is 0 Å². The highest BCUT2D eigenvalue weighted by Gasteiger charge is 2.05. The Labute approximate surface area is 109 Å². The summed E-state index contributed by atoms with van der Waals surface area (Å²) < 4.78 is 0. The van der Waals surface area contributed by atoms with Gasteiger partial charge in [-0.2, -0.15) is 0 Å². The summed E-state index contributed by atoms with van der Waals surface area (Å²) in [7, 11) is 0. The minimum Gasteiger partial charge on any atom is -0.388 e. The van der Waals surface area contributed by atoms with Gasteiger partial charge in [-0.05, 0) is 24.1 Å². The maximum atomic E-state index is 11.1. The molecule has 1 aromatic heterocycles. The van der Waals surface area contributed by atoms with Crippen LogP contribution in [-0.4, -0.2) is 15.1 Å². The summed E-state index contributed by atoms with van der Waals surface area (Å²) >= 11 is 1.38. The molecule has 0 spiro atoms. The van der Waals surface area contributed by atoms with Crippen molar-refractivity contribution in [3.63, 3.8) is 0 Å². The molecule has 0 unspecified atom stereocenters. The summed E-state index contributed by atoms with van der Waals surface area (Å²) in [5, 5.41) is 10.2. The van der Waals surface area contributed by atoms with Crippen LogP contribution < -0.4 is 5.56 Å². The van der Waals surface area contributed by atoms with Crippen molar-refractivity contribution in [2.45, 2.75) is 29.5 Å². The zero-order chi connectivity index (χ0) is 13.0. The lowest BCUT2D eigenvalue weighted by Gasteiger charge is -2.08. The topological polar surface area (TPSA) is 66.0 Å². The van der Waals surface area contributed by atoms with Gasteiger partial charge in [0.2, 0.25) is 0 Å². The van der Waals surface area contributed by atoms with Crippen molar-refractivity contribution in [2.24, 2.45) is 0 Å². The van der Waals surface area contributed by atoms with Crippen LogP contribution in [0.25, 0.3) is 0 Å². The Morgan fingerprint density at radius 3 is 2.67 bits per heavy atom. The Hall–Kier alpha value is -1.59. The Morgan fingerprint density at radius 1 is 1.33 bits per heavy atom. The van der Waals surface area contributed by atoms with Crippen LogP contribution in [0, 0.1) is 0 Å².